The Hall–Kier alpha value is -2.71. The molecule has 0 aliphatic heterocycles. The topological polar surface area (TPSA) is 23.5 Å². The van der Waals surface area contributed by atoms with E-state index in [-0.39, 0.29) is 5.69 Å². The monoisotopic (exact) mass is 587 g/mol. The van der Waals surface area contributed by atoms with Gasteiger partial charge in [-0.2, -0.15) is 57.1 Å². The lowest BCUT2D eigenvalue weighted by atomic mass is 9.78. The Labute approximate surface area is 214 Å². The molecule has 220 valence electrons. The fourth-order valence-electron chi connectivity index (χ4n) is 3.87. The van der Waals surface area contributed by atoms with E-state index < -0.39 is 58.9 Å². The number of alkyl halides is 13. The summed E-state index contributed by atoms with van der Waals surface area (Å²) in [5.41, 5.74) is -4.32. The molecule has 2 rings (SSSR count). The fourth-order valence-corrected chi connectivity index (χ4v) is 3.87. The first kappa shape index (κ1) is 32.5. The minimum Gasteiger partial charge on any atom is -0.380 e. The number of hydrogen-bond acceptors (Lipinski definition) is 2. The van der Waals surface area contributed by atoms with Gasteiger partial charge in [0.15, 0.2) is 0 Å². The molecule has 2 aromatic rings. The van der Waals surface area contributed by atoms with Gasteiger partial charge >= 0.3 is 35.8 Å². The van der Waals surface area contributed by atoms with Crippen molar-refractivity contribution in [2.24, 2.45) is 0 Å². The van der Waals surface area contributed by atoms with Gasteiger partial charge in [0, 0.05) is 18.8 Å². The van der Waals surface area contributed by atoms with Crippen molar-refractivity contribution in [3.05, 3.63) is 65.7 Å². The third-order valence-electron chi connectivity index (χ3n) is 6.18. The molecule has 2 aromatic carbocycles. The lowest BCUT2D eigenvalue weighted by Crippen LogP contribution is -2.70. The molecule has 0 saturated carbocycles. The number of anilines is 1. The highest BCUT2D eigenvalue weighted by Crippen LogP contribution is 2.61. The largest absolute Gasteiger partial charge is 0.460 e. The minimum absolute atomic E-state index is 0.239. The average Bonchev–Trinajstić information content (AvgIpc) is 2.84. The predicted molar refractivity (Wildman–Crippen MR) is 115 cm³/mol. The summed E-state index contributed by atoms with van der Waals surface area (Å²) in [5.74, 6) is -37.8. The lowest BCUT2D eigenvalue weighted by Gasteiger charge is -2.42. The molecular weight excluding hydrogens is 565 g/mol. The maximum absolute atomic E-state index is 14.9. The van der Waals surface area contributed by atoms with Crippen LogP contribution in [0.4, 0.5) is 62.8 Å². The Morgan fingerprint density at radius 3 is 1.51 bits per heavy atom. The predicted octanol–water partition coefficient (Wildman–Crippen LogP) is 7.90. The zero-order chi connectivity index (χ0) is 30.3. The SMILES string of the molecule is CCN(CC)c1cccc(C(O)(CC(F)(F)C(F)(F)C(F)(F)C(F)(F)C(F)(F)C(F)(F)F)c2ccccc2)c1. The average molecular weight is 587 g/mol. The molecule has 0 amide bonds. The van der Waals surface area contributed by atoms with Crippen molar-refractivity contribution in [1.29, 1.82) is 0 Å². The molecule has 0 aliphatic carbocycles. The highest BCUT2D eigenvalue weighted by Gasteiger charge is 2.90. The molecule has 1 atom stereocenters. The maximum Gasteiger partial charge on any atom is 0.460 e. The van der Waals surface area contributed by atoms with Gasteiger partial charge in [0.2, 0.25) is 0 Å². The summed E-state index contributed by atoms with van der Waals surface area (Å²) in [4.78, 5) is 1.61. The van der Waals surface area contributed by atoms with Gasteiger partial charge in [-0.1, -0.05) is 42.5 Å². The second-order valence-corrected chi connectivity index (χ2v) is 8.63. The Morgan fingerprint density at radius 1 is 0.590 bits per heavy atom. The summed E-state index contributed by atoms with van der Waals surface area (Å²) in [6.45, 7) is 4.00. The van der Waals surface area contributed by atoms with Crippen molar-refractivity contribution in [2.45, 2.75) is 61.7 Å². The summed E-state index contributed by atoms with van der Waals surface area (Å²) in [6, 6.07) is 9.90. The second kappa shape index (κ2) is 10.4. The summed E-state index contributed by atoms with van der Waals surface area (Å²) < 4.78 is 178. The molecule has 0 saturated heterocycles. The van der Waals surface area contributed by atoms with Crippen LogP contribution in [0.1, 0.15) is 31.4 Å². The van der Waals surface area contributed by atoms with E-state index in [1.54, 1.807) is 18.7 Å². The number of halogens is 13. The molecule has 0 radical (unpaired) electrons. The first-order chi connectivity index (χ1) is 17.5. The number of rotatable bonds is 11. The summed E-state index contributed by atoms with van der Waals surface area (Å²) in [7, 11) is 0. The fraction of sp³-hybridized carbons (Fsp3) is 0.500. The zero-order valence-electron chi connectivity index (χ0n) is 20.1. The van der Waals surface area contributed by atoms with E-state index in [0.717, 1.165) is 36.4 Å². The van der Waals surface area contributed by atoms with Gasteiger partial charge in [-0.05, 0) is 37.1 Å². The molecule has 0 aliphatic rings. The molecule has 1 N–H and O–H groups in total. The highest BCUT2D eigenvalue weighted by atomic mass is 19.4. The van der Waals surface area contributed by atoms with Crippen LogP contribution < -0.4 is 4.90 Å². The Kier molecular flexibility index (Phi) is 8.63. The molecular formula is C24H22F13NO. The molecule has 0 aromatic heterocycles. The standard InChI is InChI=1S/C24H22F13NO/c1-3-38(4-2)17-12-8-11-16(13-17)18(39,15-9-6-5-7-10-15)14-19(25,26)20(27,28)21(29,30)22(31,32)23(33,34)24(35,36)37/h5-13,39H,3-4,14H2,1-2H3. The molecule has 39 heavy (non-hydrogen) atoms. The van der Waals surface area contributed by atoms with Gasteiger partial charge in [-0.25, -0.2) is 0 Å². The van der Waals surface area contributed by atoms with Crippen LogP contribution in [-0.2, 0) is 5.60 Å². The van der Waals surface area contributed by atoms with Crippen LogP contribution in [0.5, 0.6) is 0 Å². The second-order valence-electron chi connectivity index (χ2n) is 8.63. The summed E-state index contributed by atoms with van der Waals surface area (Å²) in [6.07, 6.45) is -10.3. The number of benzene rings is 2. The van der Waals surface area contributed by atoms with Crippen LogP contribution in [0.25, 0.3) is 0 Å². The van der Waals surface area contributed by atoms with Crippen LogP contribution in [0, 0.1) is 0 Å². The van der Waals surface area contributed by atoms with E-state index >= 15 is 0 Å². The number of aliphatic hydroxyl groups is 1. The van der Waals surface area contributed by atoms with E-state index in [9.17, 15) is 62.2 Å². The van der Waals surface area contributed by atoms with Crippen LogP contribution in [0.15, 0.2) is 54.6 Å². The van der Waals surface area contributed by atoms with E-state index in [0.29, 0.717) is 13.1 Å². The first-order valence-corrected chi connectivity index (χ1v) is 11.1. The van der Waals surface area contributed by atoms with Gasteiger partial charge in [-0.3, -0.25) is 0 Å². The van der Waals surface area contributed by atoms with Gasteiger partial charge in [0.1, 0.15) is 5.60 Å². The van der Waals surface area contributed by atoms with Gasteiger partial charge < -0.3 is 10.0 Å². The Bertz CT molecular complexity index is 1110. The molecule has 0 heterocycles. The van der Waals surface area contributed by atoms with Crippen molar-refractivity contribution < 1.29 is 62.2 Å². The van der Waals surface area contributed by atoms with E-state index in [4.69, 9.17) is 0 Å². The third kappa shape index (κ3) is 5.25. The van der Waals surface area contributed by atoms with Gasteiger partial charge in [-0.15, -0.1) is 0 Å². The van der Waals surface area contributed by atoms with Crippen LogP contribution in [0.3, 0.4) is 0 Å². The maximum atomic E-state index is 14.9. The molecule has 15 heteroatoms. The van der Waals surface area contributed by atoms with Crippen molar-refractivity contribution in [3.63, 3.8) is 0 Å². The normalized spacial score (nSPS) is 15.7. The Morgan fingerprint density at radius 2 is 1.05 bits per heavy atom. The van der Waals surface area contributed by atoms with Crippen molar-refractivity contribution >= 4 is 5.69 Å². The zero-order valence-corrected chi connectivity index (χ0v) is 20.1. The highest BCUT2D eigenvalue weighted by molar-refractivity contribution is 5.51. The van der Waals surface area contributed by atoms with Crippen molar-refractivity contribution in [2.75, 3.05) is 18.0 Å². The van der Waals surface area contributed by atoms with Crippen LogP contribution in [0.2, 0.25) is 0 Å². The van der Waals surface area contributed by atoms with Crippen LogP contribution in [-0.4, -0.2) is 54.0 Å². The van der Waals surface area contributed by atoms with Crippen LogP contribution >= 0.6 is 0 Å². The van der Waals surface area contributed by atoms with Gasteiger partial charge in [0.05, 0.1) is 6.42 Å². The molecule has 0 fully saturated rings. The smallest absolute Gasteiger partial charge is 0.380 e. The molecule has 1 unspecified atom stereocenters. The third-order valence-corrected chi connectivity index (χ3v) is 6.18. The summed E-state index contributed by atoms with van der Waals surface area (Å²) >= 11 is 0. The summed E-state index contributed by atoms with van der Waals surface area (Å²) in [5, 5.41) is 11.3. The van der Waals surface area contributed by atoms with E-state index in [1.807, 2.05) is 0 Å². The molecule has 0 bridgehead atoms. The molecule has 2 nitrogen and oxygen atoms in total. The number of nitrogens with zero attached hydrogens (tertiary/aromatic N) is 1. The minimum atomic E-state index is -8.02. The number of hydrogen-bond donors (Lipinski definition) is 1. The molecule has 0 spiro atoms. The van der Waals surface area contributed by atoms with E-state index in [1.165, 1.54) is 18.2 Å². The van der Waals surface area contributed by atoms with Crippen molar-refractivity contribution in [1.82, 2.24) is 0 Å². The van der Waals surface area contributed by atoms with Crippen molar-refractivity contribution in [3.8, 4) is 0 Å². The first-order valence-electron chi connectivity index (χ1n) is 11.1. The Balaban J connectivity index is 2.72. The quantitative estimate of drug-likeness (QED) is 0.270. The van der Waals surface area contributed by atoms with E-state index in [2.05, 4.69) is 0 Å². The lowest BCUT2D eigenvalue weighted by molar-refractivity contribution is -0.441. The van der Waals surface area contributed by atoms with Gasteiger partial charge in [0.25, 0.3) is 0 Å².